The van der Waals surface area contributed by atoms with E-state index in [9.17, 15) is 9.59 Å². The lowest BCUT2D eigenvalue weighted by molar-refractivity contribution is -0.130. The number of benzene rings is 1. The van der Waals surface area contributed by atoms with Gasteiger partial charge in [0.15, 0.2) is 6.19 Å². The minimum atomic E-state index is -0.732. The Morgan fingerprint density at radius 2 is 1.95 bits per heavy atom. The molecular formula is C15H20N4O2. The Balaban J connectivity index is 2.91. The van der Waals surface area contributed by atoms with Crippen molar-refractivity contribution in [3.8, 4) is 6.19 Å². The predicted octanol–water partition coefficient (Wildman–Crippen LogP) is 1.35. The van der Waals surface area contributed by atoms with Crippen LogP contribution in [0.5, 0.6) is 0 Å². The number of likely N-dealkylation sites (N-methyl/N-ethyl adjacent to an activating group) is 1. The number of amides is 2. The number of nitriles is 1. The van der Waals surface area contributed by atoms with Crippen molar-refractivity contribution in [1.29, 1.82) is 5.26 Å². The second-order valence-corrected chi connectivity index (χ2v) is 4.96. The van der Waals surface area contributed by atoms with Gasteiger partial charge in [-0.25, -0.2) is 0 Å². The molecule has 0 saturated heterocycles. The zero-order valence-electron chi connectivity index (χ0n) is 12.5. The Bertz CT molecular complexity index is 548. The summed E-state index contributed by atoms with van der Waals surface area (Å²) in [4.78, 5) is 25.3. The van der Waals surface area contributed by atoms with Crippen molar-refractivity contribution in [3.05, 3.63) is 29.8 Å². The number of hydrogen-bond donors (Lipinski definition) is 2. The molecule has 6 heteroatoms. The fraction of sp³-hybridized carbons (Fsp3) is 0.400. The molecule has 3 N–H and O–H groups in total. The molecule has 0 aliphatic heterocycles. The highest BCUT2D eigenvalue weighted by Crippen LogP contribution is 2.12. The smallest absolute Gasteiger partial charge is 0.258 e. The Morgan fingerprint density at radius 1 is 1.38 bits per heavy atom. The summed E-state index contributed by atoms with van der Waals surface area (Å²) in [6, 6.07) is 5.70. The highest BCUT2D eigenvalue weighted by molar-refractivity contribution is 5.98. The maximum atomic E-state index is 12.2. The standard InChI is InChI=1S/C15H20N4O2/c1-4-10(2)13(15(21)19(3)9-16)18-14(20)11-5-7-12(17)8-6-11/h5-8,10,13H,4,17H2,1-3H3,(H,18,20). The van der Waals surface area contributed by atoms with Gasteiger partial charge in [-0.1, -0.05) is 20.3 Å². The molecule has 21 heavy (non-hydrogen) atoms. The summed E-state index contributed by atoms with van der Waals surface area (Å²) in [5.41, 5.74) is 6.56. The summed E-state index contributed by atoms with van der Waals surface area (Å²) in [5.74, 6) is -0.860. The quantitative estimate of drug-likeness (QED) is 0.485. The van der Waals surface area contributed by atoms with E-state index in [2.05, 4.69) is 5.32 Å². The molecule has 0 fully saturated rings. The molecule has 0 aliphatic rings. The Kier molecular flexibility index (Phi) is 5.73. The van der Waals surface area contributed by atoms with Crippen LogP contribution in [0.4, 0.5) is 5.69 Å². The molecule has 112 valence electrons. The number of nitrogen functional groups attached to an aromatic ring is 1. The number of carbonyl (C=O) groups excluding carboxylic acids is 2. The summed E-state index contributed by atoms with van der Waals surface area (Å²) in [7, 11) is 1.38. The van der Waals surface area contributed by atoms with Crippen molar-refractivity contribution < 1.29 is 9.59 Å². The van der Waals surface area contributed by atoms with Crippen molar-refractivity contribution in [2.45, 2.75) is 26.3 Å². The van der Waals surface area contributed by atoms with E-state index >= 15 is 0 Å². The van der Waals surface area contributed by atoms with Gasteiger partial charge < -0.3 is 11.1 Å². The largest absolute Gasteiger partial charge is 0.399 e. The summed E-state index contributed by atoms with van der Waals surface area (Å²) in [6.45, 7) is 3.78. The van der Waals surface area contributed by atoms with Gasteiger partial charge in [0, 0.05) is 18.3 Å². The first-order chi connectivity index (χ1) is 9.90. The van der Waals surface area contributed by atoms with E-state index in [1.807, 2.05) is 13.8 Å². The van der Waals surface area contributed by atoms with Gasteiger partial charge in [0.1, 0.15) is 6.04 Å². The van der Waals surface area contributed by atoms with Crippen LogP contribution in [-0.4, -0.2) is 29.8 Å². The van der Waals surface area contributed by atoms with Gasteiger partial charge in [0.05, 0.1) is 0 Å². The summed E-state index contributed by atoms with van der Waals surface area (Å²) in [6.07, 6.45) is 2.47. The Morgan fingerprint density at radius 3 is 2.43 bits per heavy atom. The highest BCUT2D eigenvalue weighted by Gasteiger charge is 2.28. The topological polar surface area (TPSA) is 99.2 Å². The van der Waals surface area contributed by atoms with Gasteiger partial charge in [0.25, 0.3) is 11.8 Å². The highest BCUT2D eigenvalue weighted by atomic mass is 16.2. The molecule has 0 bridgehead atoms. The molecule has 1 aromatic carbocycles. The Labute approximate surface area is 124 Å². The summed E-state index contributed by atoms with van der Waals surface area (Å²) >= 11 is 0. The van der Waals surface area contributed by atoms with E-state index < -0.39 is 11.9 Å². The number of nitrogens with one attached hydrogen (secondary N) is 1. The number of nitrogens with two attached hydrogens (primary N) is 1. The third-order valence-corrected chi connectivity index (χ3v) is 3.42. The molecule has 0 radical (unpaired) electrons. The fourth-order valence-corrected chi connectivity index (χ4v) is 1.80. The zero-order valence-corrected chi connectivity index (χ0v) is 12.5. The van der Waals surface area contributed by atoms with Crippen LogP contribution in [0.1, 0.15) is 30.6 Å². The van der Waals surface area contributed by atoms with E-state index in [0.29, 0.717) is 17.7 Å². The van der Waals surface area contributed by atoms with Crippen LogP contribution in [0.25, 0.3) is 0 Å². The fourth-order valence-electron chi connectivity index (χ4n) is 1.80. The molecule has 0 spiro atoms. The lowest BCUT2D eigenvalue weighted by Gasteiger charge is -2.24. The zero-order chi connectivity index (χ0) is 16.0. The first-order valence-corrected chi connectivity index (χ1v) is 6.74. The first-order valence-electron chi connectivity index (χ1n) is 6.74. The molecular weight excluding hydrogens is 268 g/mol. The number of hydrogen-bond acceptors (Lipinski definition) is 4. The van der Waals surface area contributed by atoms with Gasteiger partial charge in [0.2, 0.25) is 0 Å². The van der Waals surface area contributed by atoms with E-state index in [-0.39, 0.29) is 11.8 Å². The van der Waals surface area contributed by atoms with Gasteiger partial charge in [-0.15, -0.1) is 0 Å². The second-order valence-electron chi connectivity index (χ2n) is 4.96. The van der Waals surface area contributed by atoms with Crippen molar-refractivity contribution in [1.82, 2.24) is 10.2 Å². The predicted molar refractivity (Wildman–Crippen MR) is 79.9 cm³/mol. The third-order valence-electron chi connectivity index (χ3n) is 3.42. The van der Waals surface area contributed by atoms with Crippen molar-refractivity contribution in [2.75, 3.05) is 12.8 Å². The first kappa shape index (κ1) is 16.5. The molecule has 2 unspecified atom stereocenters. The molecule has 2 atom stereocenters. The monoisotopic (exact) mass is 288 g/mol. The lowest BCUT2D eigenvalue weighted by atomic mass is 9.97. The van der Waals surface area contributed by atoms with Crippen LogP contribution in [0, 0.1) is 17.4 Å². The molecule has 0 aromatic heterocycles. The molecule has 2 amide bonds. The molecule has 1 rings (SSSR count). The van der Waals surface area contributed by atoms with Crippen molar-refractivity contribution >= 4 is 17.5 Å². The molecule has 6 nitrogen and oxygen atoms in total. The minimum Gasteiger partial charge on any atom is -0.399 e. The molecule has 0 heterocycles. The van der Waals surface area contributed by atoms with Gasteiger partial charge >= 0.3 is 0 Å². The SMILES string of the molecule is CCC(C)C(NC(=O)c1ccc(N)cc1)C(=O)N(C)C#N. The normalized spacial score (nSPS) is 12.9. The Hall–Kier alpha value is -2.55. The lowest BCUT2D eigenvalue weighted by Crippen LogP contribution is -2.49. The van der Waals surface area contributed by atoms with Gasteiger partial charge in [-0.2, -0.15) is 5.26 Å². The average Bonchev–Trinajstić information content (AvgIpc) is 2.50. The minimum absolute atomic E-state index is 0.0777. The van der Waals surface area contributed by atoms with Gasteiger partial charge in [-0.05, 0) is 30.2 Å². The third kappa shape index (κ3) is 4.21. The summed E-state index contributed by atoms with van der Waals surface area (Å²) in [5, 5.41) is 11.5. The van der Waals surface area contributed by atoms with E-state index in [4.69, 9.17) is 11.0 Å². The van der Waals surface area contributed by atoms with Crippen LogP contribution in [0.2, 0.25) is 0 Å². The number of nitrogens with zero attached hydrogens (tertiary/aromatic N) is 2. The van der Waals surface area contributed by atoms with Crippen LogP contribution >= 0.6 is 0 Å². The van der Waals surface area contributed by atoms with E-state index in [1.54, 1.807) is 30.5 Å². The number of anilines is 1. The van der Waals surface area contributed by atoms with Gasteiger partial charge in [-0.3, -0.25) is 14.5 Å². The molecule has 1 aromatic rings. The number of carbonyl (C=O) groups is 2. The average molecular weight is 288 g/mol. The maximum Gasteiger partial charge on any atom is 0.258 e. The van der Waals surface area contributed by atoms with Crippen molar-refractivity contribution in [3.63, 3.8) is 0 Å². The van der Waals surface area contributed by atoms with Crippen LogP contribution in [0.3, 0.4) is 0 Å². The van der Waals surface area contributed by atoms with Crippen LogP contribution in [0.15, 0.2) is 24.3 Å². The molecule has 0 aliphatic carbocycles. The van der Waals surface area contributed by atoms with Crippen LogP contribution < -0.4 is 11.1 Å². The van der Waals surface area contributed by atoms with Crippen molar-refractivity contribution in [2.24, 2.45) is 5.92 Å². The van der Waals surface area contributed by atoms with E-state index in [1.165, 1.54) is 7.05 Å². The number of rotatable bonds is 5. The maximum absolute atomic E-state index is 12.2. The van der Waals surface area contributed by atoms with Crippen LogP contribution in [-0.2, 0) is 4.79 Å². The second kappa shape index (κ2) is 7.29. The summed E-state index contributed by atoms with van der Waals surface area (Å²) < 4.78 is 0. The van der Waals surface area contributed by atoms with E-state index in [0.717, 1.165) is 4.90 Å². The molecule has 0 saturated carbocycles.